The van der Waals surface area contributed by atoms with Crippen molar-refractivity contribution < 1.29 is 8.78 Å². The average Bonchev–Trinajstić information content (AvgIpc) is 3.49. The Morgan fingerprint density at radius 3 is 2.61 bits per heavy atom. The van der Waals surface area contributed by atoms with Gasteiger partial charge in [0, 0.05) is 44.4 Å². The van der Waals surface area contributed by atoms with Crippen LogP contribution in [-0.2, 0) is 19.5 Å². The van der Waals surface area contributed by atoms with Gasteiger partial charge >= 0.3 is 0 Å². The van der Waals surface area contributed by atoms with Crippen LogP contribution in [-0.4, -0.2) is 67.5 Å². The molecule has 0 unspecified atom stereocenters. The Hall–Kier alpha value is -3.50. The van der Waals surface area contributed by atoms with Gasteiger partial charge in [-0.15, -0.1) is 0 Å². The van der Waals surface area contributed by atoms with Crippen LogP contribution >= 0.6 is 0 Å². The first-order valence-electron chi connectivity index (χ1n) is 13.3. The smallest absolute Gasteiger partial charge is 0.229 e. The largest absolute Gasteiger partial charge is 0.328 e. The lowest BCUT2D eigenvalue weighted by Gasteiger charge is -2.54. The highest BCUT2D eigenvalue weighted by Crippen LogP contribution is 2.40. The Kier molecular flexibility index (Phi) is 5.63. The summed E-state index contributed by atoms with van der Waals surface area (Å²) in [5, 5.41) is 3.06. The highest BCUT2D eigenvalue weighted by molar-refractivity contribution is 5.83. The van der Waals surface area contributed by atoms with Crippen LogP contribution in [0, 0.1) is 17.0 Å². The van der Waals surface area contributed by atoms with Gasteiger partial charge in [-0.1, -0.05) is 6.07 Å². The number of benzene rings is 1. The Balaban J connectivity index is 1.05. The number of aryl methyl sites for hydroxylation is 2. The Labute approximate surface area is 219 Å². The number of hydrogen-bond acceptors (Lipinski definition) is 7. The molecule has 1 N–H and O–H groups in total. The van der Waals surface area contributed by atoms with E-state index in [1.54, 1.807) is 6.07 Å². The van der Waals surface area contributed by atoms with Gasteiger partial charge in [-0.2, -0.15) is 0 Å². The maximum Gasteiger partial charge on any atom is 0.229 e. The molecule has 6 heterocycles. The number of rotatable bonds is 5. The number of aromatic nitrogens is 5. The fourth-order valence-electron chi connectivity index (χ4n) is 6.22. The molecule has 0 amide bonds. The van der Waals surface area contributed by atoms with Crippen molar-refractivity contribution in [1.29, 1.82) is 0 Å². The molecular formula is C28H30F2N8. The number of halogens is 2. The van der Waals surface area contributed by atoms with Crippen LogP contribution in [0.25, 0.3) is 22.3 Å². The van der Waals surface area contributed by atoms with Crippen LogP contribution in [0.4, 0.5) is 20.5 Å². The van der Waals surface area contributed by atoms with Crippen LogP contribution in [0.5, 0.6) is 0 Å². The van der Waals surface area contributed by atoms with Gasteiger partial charge in [0.2, 0.25) is 5.95 Å². The number of imidazole rings is 1. The summed E-state index contributed by atoms with van der Waals surface area (Å²) in [6.07, 6.45) is 7.32. The van der Waals surface area contributed by atoms with Gasteiger partial charge in [-0.05, 0) is 68.6 Å². The number of nitrogens with zero attached hydrogens (tertiary/aromatic N) is 7. The van der Waals surface area contributed by atoms with E-state index in [0.29, 0.717) is 27.8 Å². The van der Waals surface area contributed by atoms with Gasteiger partial charge in [-0.25, -0.2) is 28.7 Å². The topological polar surface area (TPSA) is 75.0 Å². The molecule has 0 radical (unpaired) electrons. The van der Waals surface area contributed by atoms with E-state index in [9.17, 15) is 8.78 Å². The van der Waals surface area contributed by atoms with Crippen LogP contribution in [0.15, 0.2) is 36.7 Å². The summed E-state index contributed by atoms with van der Waals surface area (Å²) < 4.78 is 31.6. The van der Waals surface area contributed by atoms with Gasteiger partial charge < -0.3 is 14.8 Å². The number of fused-ring (bicyclic) bond motifs is 3. The monoisotopic (exact) mass is 516 g/mol. The molecule has 2 saturated heterocycles. The fourth-order valence-corrected chi connectivity index (χ4v) is 6.22. The summed E-state index contributed by atoms with van der Waals surface area (Å²) >= 11 is 0. The second kappa shape index (κ2) is 9.06. The van der Waals surface area contributed by atoms with E-state index in [1.165, 1.54) is 32.0 Å². The maximum absolute atomic E-state index is 14.9. The summed E-state index contributed by atoms with van der Waals surface area (Å²) in [4.78, 5) is 22.3. The molecule has 4 aromatic rings. The molecule has 10 heteroatoms. The number of hydrogen-bond donors (Lipinski definition) is 1. The second-order valence-electron chi connectivity index (χ2n) is 11.1. The first kappa shape index (κ1) is 23.6. The van der Waals surface area contributed by atoms with Crippen LogP contribution < -0.4 is 5.32 Å². The highest BCUT2D eigenvalue weighted by atomic mass is 19.1. The van der Waals surface area contributed by atoms with Crippen molar-refractivity contribution in [2.24, 2.45) is 5.41 Å². The van der Waals surface area contributed by atoms with Crippen LogP contribution in [0.3, 0.4) is 0 Å². The molecule has 3 aromatic heterocycles. The van der Waals surface area contributed by atoms with Crippen LogP contribution in [0.2, 0.25) is 0 Å². The van der Waals surface area contributed by atoms with E-state index < -0.39 is 11.6 Å². The first-order chi connectivity index (χ1) is 18.4. The van der Waals surface area contributed by atoms with Crippen molar-refractivity contribution >= 4 is 22.8 Å². The maximum atomic E-state index is 14.9. The Morgan fingerprint density at radius 2 is 1.82 bits per heavy atom. The molecule has 38 heavy (non-hydrogen) atoms. The molecule has 3 aliphatic heterocycles. The minimum atomic E-state index is -0.615. The van der Waals surface area contributed by atoms with Crippen molar-refractivity contribution in [3.8, 4) is 11.3 Å². The summed E-state index contributed by atoms with van der Waals surface area (Å²) in [6.45, 7) is 6.36. The SMILES string of the molecule is CN1CCC2(CC1)CN(Cc1ccc(Nc3ncc(F)c(-c4cc(F)c5nc6n(c5c4)CCC6)n3)nc1)C2. The van der Waals surface area contributed by atoms with E-state index in [2.05, 4.69) is 42.1 Å². The van der Waals surface area contributed by atoms with Gasteiger partial charge in [0.1, 0.15) is 22.9 Å². The number of piperidine rings is 1. The number of pyridine rings is 1. The summed E-state index contributed by atoms with van der Waals surface area (Å²) in [6, 6.07) is 6.98. The highest BCUT2D eigenvalue weighted by Gasteiger charge is 2.43. The van der Waals surface area contributed by atoms with Crippen molar-refractivity contribution in [1.82, 2.24) is 34.3 Å². The molecule has 0 atom stereocenters. The van der Waals surface area contributed by atoms with Gasteiger partial charge in [0.05, 0.1) is 11.7 Å². The van der Waals surface area contributed by atoms with Crippen molar-refractivity contribution in [3.63, 3.8) is 0 Å². The lowest BCUT2D eigenvalue weighted by atomic mass is 9.72. The third-order valence-corrected chi connectivity index (χ3v) is 8.32. The molecule has 7 rings (SSSR count). The number of anilines is 2. The zero-order chi connectivity index (χ0) is 25.9. The fraction of sp³-hybridized carbons (Fsp3) is 0.429. The molecule has 196 valence electrons. The summed E-state index contributed by atoms with van der Waals surface area (Å²) in [5.41, 5.74) is 3.03. The molecule has 1 aromatic carbocycles. The predicted molar refractivity (Wildman–Crippen MR) is 141 cm³/mol. The number of nitrogens with one attached hydrogen (secondary N) is 1. The standard InChI is InChI=1S/C28H30F2N8/c1-36-9-6-28(7-10-36)16-37(17-28)15-18-4-5-23(31-13-18)33-27-32-14-21(30)25(35-27)19-11-20(29)26-22(12-19)38-8-2-3-24(38)34-26/h4-5,11-14H,2-3,6-10,15-17H2,1H3,(H,31,32,33,35). The molecular weight excluding hydrogens is 486 g/mol. The average molecular weight is 517 g/mol. The van der Waals surface area contributed by atoms with Crippen molar-refractivity contribution in [2.75, 3.05) is 38.5 Å². The summed E-state index contributed by atoms with van der Waals surface area (Å²) in [5.74, 6) is 0.542. The van der Waals surface area contributed by atoms with Gasteiger partial charge in [0.25, 0.3) is 0 Å². The molecule has 1 spiro atoms. The van der Waals surface area contributed by atoms with E-state index in [1.807, 2.05) is 22.9 Å². The van der Waals surface area contributed by atoms with Gasteiger partial charge in [0.15, 0.2) is 11.6 Å². The van der Waals surface area contributed by atoms with E-state index >= 15 is 0 Å². The van der Waals surface area contributed by atoms with E-state index in [-0.39, 0.29) is 11.6 Å². The normalized spacial score (nSPS) is 19.1. The Bertz CT molecular complexity index is 1500. The Morgan fingerprint density at radius 1 is 0.974 bits per heavy atom. The third-order valence-electron chi connectivity index (χ3n) is 8.32. The molecule has 0 bridgehead atoms. The molecule has 8 nitrogen and oxygen atoms in total. The lowest BCUT2D eigenvalue weighted by molar-refractivity contribution is -0.0471. The predicted octanol–water partition coefficient (Wildman–Crippen LogP) is 4.38. The third kappa shape index (κ3) is 4.21. The molecule has 3 aliphatic rings. The molecule has 0 saturated carbocycles. The quantitative estimate of drug-likeness (QED) is 0.422. The van der Waals surface area contributed by atoms with Crippen LogP contribution in [0.1, 0.15) is 30.7 Å². The zero-order valence-corrected chi connectivity index (χ0v) is 21.4. The van der Waals surface area contributed by atoms with Gasteiger partial charge in [-0.3, -0.25) is 4.90 Å². The summed E-state index contributed by atoms with van der Waals surface area (Å²) in [7, 11) is 2.20. The molecule has 2 fully saturated rings. The van der Waals surface area contributed by atoms with E-state index in [0.717, 1.165) is 56.6 Å². The minimum Gasteiger partial charge on any atom is -0.328 e. The lowest BCUT2D eigenvalue weighted by Crippen LogP contribution is -2.59. The minimum absolute atomic E-state index is 0.0362. The zero-order valence-electron chi connectivity index (χ0n) is 21.4. The second-order valence-corrected chi connectivity index (χ2v) is 11.1. The first-order valence-corrected chi connectivity index (χ1v) is 13.3. The number of likely N-dealkylation sites (tertiary alicyclic amines) is 2. The molecule has 0 aliphatic carbocycles. The van der Waals surface area contributed by atoms with E-state index in [4.69, 9.17) is 0 Å². The van der Waals surface area contributed by atoms with Crippen molar-refractivity contribution in [2.45, 2.75) is 38.8 Å². The van der Waals surface area contributed by atoms with Crippen molar-refractivity contribution in [3.05, 3.63) is 59.7 Å².